The number of carbonyl (C=O) groups is 1. The fraction of sp³-hybridized carbons (Fsp3) is 0.600. The molecule has 0 fully saturated rings. The van der Waals surface area contributed by atoms with E-state index in [9.17, 15) is 4.79 Å². The van der Waals surface area contributed by atoms with Crippen LogP contribution in [0.25, 0.3) is 0 Å². The van der Waals surface area contributed by atoms with E-state index in [1.165, 1.54) is 6.07 Å². The highest BCUT2D eigenvalue weighted by molar-refractivity contribution is 5.85. The molecule has 1 aromatic rings. The summed E-state index contributed by atoms with van der Waals surface area (Å²) in [5, 5.41) is 15.1. The molecule has 0 saturated heterocycles. The Morgan fingerprint density at radius 1 is 1.69 bits per heavy atom. The number of nitrogens with zero attached hydrogens (tertiary/aromatic N) is 1. The van der Waals surface area contributed by atoms with Crippen LogP contribution in [0.1, 0.15) is 30.1 Å². The van der Waals surface area contributed by atoms with Crippen LogP contribution >= 0.6 is 0 Å². The van der Waals surface area contributed by atoms with Gasteiger partial charge in [-0.2, -0.15) is 0 Å². The van der Waals surface area contributed by atoms with Crippen LogP contribution in [0.4, 0.5) is 0 Å². The predicted molar refractivity (Wildman–Crippen MR) is 56.3 cm³/mol. The Balaban J connectivity index is 2.19. The summed E-state index contributed by atoms with van der Waals surface area (Å²) >= 11 is 0. The Morgan fingerprint density at radius 3 is 3.00 bits per heavy atom. The maximum atomic E-state index is 10.5. The average Bonchev–Trinajstić information content (AvgIpc) is 2.65. The van der Waals surface area contributed by atoms with Crippen LogP contribution in [0.3, 0.4) is 0 Å². The van der Waals surface area contributed by atoms with E-state index in [4.69, 9.17) is 14.4 Å². The fourth-order valence-electron chi connectivity index (χ4n) is 1.08. The largest absolute Gasteiger partial charge is 0.476 e. The molecule has 0 unspecified atom stereocenters. The first-order valence-corrected chi connectivity index (χ1v) is 5.11. The molecule has 0 bridgehead atoms. The minimum atomic E-state index is -1.09. The van der Waals surface area contributed by atoms with Gasteiger partial charge in [0.05, 0.1) is 19.3 Å². The molecule has 0 saturated carbocycles. The van der Waals surface area contributed by atoms with Gasteiger partial charge in [-0.05, 0) is 13.8 Å². The van der Waals surface area contributed by atoms with Crippen LogP contribution in [0.2, 0.25) is 0 Å². The average molecular weight is 228 g/mol. The van der Waals surface area contributed by atoms with Gasteiger partial charge in [0.25, 0.3) is 0 Å². The van der Waals surface area contributed by atoms with E-state index < -0.39 is 5.97 Å². The number of hydrogen-bond donors (Lipinski definition) is 2. The molecule has 90 valence electrons. The molecule has 1 heterocycles. The summed E-state index contributed by atoms with van der Waals surface area (Å²) in [5.41, 5.74) is -0.0739. The fourth-order valence-corrected chi connectivity index (χ4v) is 1.08. The molecular formula is C10H16N2O4. The summed E-state index contributed by atoms with van der Waals surface area (Å²) in [6.45, 7) is 5.67. The number of carboxylic acids is 1. The lowest BCUT2D eigenvalue weighted by atomic mass is 10.3. The van der Waals surface area contributed by atoms with Crippen molar-refractivity contribution in [3.05, 3.63) is 17.5 Å². The lowest BCUT2D eigenvalue weighted by Crippen LogP contribution is -2.20. The van der Waals surface area contributed by atoms with Crippen molar-refractivity contribution in [1.29, 1.82) is 0 Å². The molecule has 6 heteroatoms. The molecule has 2 N–H and O–H groups in total. The van der Waals surface area contributed by atoms with Crippen LogP contribution in [0, 0.1) is 0 Å². The zero-order valence-corrected chi connectivity index (χ0v) is 9.40. The Hall–Kier alpha value is -1.40. The highest BCUT2D eigenvalue weighted by Gasteiger charge is 2.09. The number of aromatic carboxylic acids is 1. The number of rotatable bonds is 7. The number of aromatic nitrogens is 1. The topological polar surface area (TPSA) is 84.6 Å². The normalized spacial score (nSPS) is 10.9. The highest BCUT2D eigenvalue weighted by atomic mass is 16.5. The van der Waals surface area contributed by atoms with Gasteiger partial charge in [0.2, 0.25) is 0 Å². The molecule has 0 aromatic carbocycles. The van der Waals surface area contributed by atoms with Crippen molar-refractivity contribution < 1.29 is 19.2 Å². The van der Waals surface area contributed by atoms with Gasteiger partial charge in [0, 0.05) is 12.6 Å². The monoisotopic (exact) mass is 228 g/mol. The van der Waals surface area contributed by atoms with Crippen molar-refractivity contribution in [1.82, 2.24) is 10.5 Å². The Kier molecular flexibility index (Phi) is 4.94. The maximum Gasteiger partial charge on any atom is 0.358 e. The summed E-state index contributed by atoms with van der Waals surface area (Å²) < 4.78 is 10.1. The summed E-state index contributed by atoms with van der Waals surface area (Å²) in [7, 11) is 0. The Morgan fingerprint density at radius 2 is 2.44 bits per heavy atom. The quantitative estimate of drug-likeness (QED) is 0.674. The van der Waals surface area contributed by atoms with Crippen LogP contribution in [0.5, 0.6) is 0 Å². The van der Waals surface area contributed by atoms with E-state index in [2.05, 4.69) is 10.5 Å². The van der Waals surface area contributed by atoms with Gasteiger partial charge in [-0.15, -0.1) is 0 Å². The lowest BCUT2D eigenvalue weighted by molar-refractivity contribution is 0.0685. The van der Waals surface area contributed by atoms with Crippen molar-refractivity contribution in [3.8, 4) is 0 Å². The maximum absolute atomic E-state index is 10.5. The van der Waals surface area contributed by atoms with Crippen LogP contribution < -0.4 is 5.32 Å². The summed E-state index contributed by atoms with van der Waals surface area (Å²) in [6.07, 6.45) is 0.214. The summed E-state index contributed by atoms with van der Waals surface area (Å²) in [5.74, 6) is -0.583. The summed E-state index contributed by atoms with van der Waals surface area (Å²) in [6, 6.07) is 1.40. The predicted octanol–water partition coefficient (Wildman–Crippen LogP) is 0.887. The standard InChI is InChI=1S/C10H16N2O4/c1-7(2)15-4-3-11-6-8-5-9(10(13)14)12-16-8/h5,7,11H,3-4,6H2,1-2H3,(H,13,14). The van der Waals surface area contributed by atoms with E-state index in [0.717, 1.165) is 0 Å². The third-order valence-electron chi connectivity index (χ3n) is 1.81. The molecule has 0 aliphatic heterocycles. The molecule has 1 aromatic heterocycles. The number of hydrogen-bond acceptors (Lipinski definition) is 5. The zero-order valence-electron chi connectivity index (χ0n) is 9.40. The van der Waals surface area contributed by atoms with E-state index in [1.807, 2.05) is 13.8 Å². The molecule has 16 heavy (non-hydrogen) atoms. The highest BCUT2D eigenvalue weighted by Crippen LogP contribution is 2.02. The summed E-state index contributed by atoms with van der Waals surface area (Å²) in [4.78, 5) is 10.5. The molecule has 0 aliphatic rings. The second kappa shape index (κ2) is 6.24. The molecular weight excluding hydrogens is 212 g/mol. The first-order valence-electron chi connectivity index (χ1n) is 5.11. The number of carboxylic acid groups (broad SMARTS) is 1. The van der Waals surface area contributed by atoms with Gasteiger partial charge in [0.1, 0.15) is 0 Å². The number of ether oxygens (including phenoxy) is 1. The number of nitrogens with one attached hydrogen (secondary N) is 1. The van der Waals surface area contributed by atoms with Crippen molar-refractivity contribution in [3.63, 3.8) is 0 Å². The van der Waals surface area contributed by atoms with Gasteiger partial charge in [-0.1, -0.05) is 5.16 Å². The van der Waals surface area contributed by atoms with Gasteiger partial charge in [-0.3, -0.25) is 0 Å². The molecule has 1 rings (SSSR count). The van der Waals surface area contributed by atoms with Crippen LogP contribution in [-0.4, -0.2) is 35.5 Å². The minimum absolute atomic E-state index is 0.0739. The van der Waals surface area contributed by atoms with Gasteiger partial charge < -0.3 is 19.7 Å². The first-order chi connectivity index (χ1) is 7.59. The molecule has 6 nitrogen and oxygen atoms in total. The third kappa shape index (κ3) is 4.41. The molecule has 0 spiro atoms. The first kappa shape index (κ1) is 12.7. The molecule has 0 radical (unpaired) electrons. The van der Waals surface area contributed by atoms with Gasteiger partial charge in [0.15, 0.2) is 11.5 Å². The van der Waals surface area contributed by atoms with E-state index in [1.54, 1.807) is 0 Å². The lowest BCUT2D eigenvalue weighted by Gasteiger charge is -2.07. The second-order valence-corrected chi connectivity index (χ2v) is 3.58. The van der Waals surface area contributed by atoms with E-state index in [0.29, 0.717) is 25.5 Å². The Labute approximate surface area is 93.6 Å². The van der Waals surface area contributed by atoms with Crippen molar-refractivity contribution >= 4 is 5.97 Å². The molecule has 0 aliphatic carbocycles. The minimum Gasteiger partial charge on any atom is -0.476 e. The van der Waals surface area contributed by atoms with Crippen LogP contribution in [-0.2, 0) is 11.3 Å². The van der Waals surface area contributed by atoms with Crippen molar-refractivity contribution in [2.24, 2.45) is 0 Å². The van der Waals surface area contributed by atoms with E-state index in [-0.39, 0.29) is 11.8 Å². The smallest absolute Gasteiger partial charge is 0.358 e. The Bertz CT molecular complexity index is 335. The third-order valence-corrected chi connectivity index (χ3v) is 1.81. The van der Waals surface area contributed by atoms with Gasteiger partial charge in [-0.25, -0.2) is 4.79 Å². The molecule has 0 amide bonds. The second-order valence-electron chi connectivity index (χ2n) is 3.58. The van der Waals surface area contributed by atoms with Crippen LogP contribution in [0.15, 0.2) is 10.6 Å². The zero-order chi connectivity index (χ0) is 12.0. The van der Waals surface area contributed by atoms with Crippen molar-refractivity contribution in [2.45, 2.75) is 26.5 Å². The van der Waals surface area contributed by atoms with Crippen molar-refractivity contribution in [2.75, 3.05) is 13.2 Å². The molecule has 0 atom stereocenters. The van der Waals surface area contributed by atoms with E-state index >= 15 is 0 Å². The SMILES string of the molecule is CC(C)OCCNCc1cc(C(=O)O)no1. The van der Waals surface area contributed by atoms with Gasteiger partial charge >= 0.3 is 5.97 Å².